The van der Waals surface area contributed by atoms with Crippen LogP contribution < -0.4 is 5.32 Å². The van der Waals surface area contributed by atoms with E-state index in [1.54, 1.807) is 5.32 Å². The molecule has 2 aromatic heterocycles. The van der Waals surface area contributed by atoms with E-state index in [-0.39, 0.29) is 5.02 Å². The molecule has 0 bridgehead atoms. The van der Waals surface area contributed by atoms with Gasteiger partial charge < -0.3 is 5.32 Å². The molecule has 0 unspecified atom stereocenters. The average Bonchev–Trinajstić information content (AvgIpc) is 2.71. The van der Waals surface area contributed by atoms with Gasteiger partial charge in [-0.05, 0) is 35.9 Å². The lowest BCUT2D eigenvalue weighted by molar-refractivity contribution is -0.141. The van der Waals surface area contributed by atoms with Crippen LogP contribution >= 0.6 is 11.6 Å². The zero-order valence-corrected chi connectivity index (χ0v) is 16.1. The Morgan fingerprint density at radius 1 is 1.00 bits per heavy atom. The minimum Gasteiger partial charge on any atom is -0.346 e. The molecule has 0 aliphatic heterocycles. The Morgan fingerprint density at radius 2 is 1.71 bits per heavy atom. The number of amides is 1. The molecule has 0 atom stereocenters. The number of nitrogens with zero attached hydrogens (tertiary/aromatic N) is 2. The summed E-state index contributed by atoms with van der Waals surface area (Å²) in [6.07, 6.45) is -2.89. The van der Waals surface area contributed by atoms with E-state index in [9.17, 15) is 31.1 Å². The number of rotatable bonds is 5. The fraction of sp³-hybridized carbons (Fsp3) is 0.150. The molecular formula is C20H12ClF6N3O. The van der Waals surface area contributed by atoms with E-state index in [1.165, 1.54) is 24.4 Å². The van der Waals surface area contributed by atoms with Crippen molar-refractivity contribution in [1.29, 1.82) is 0 Å². The minimum atomic E-state index is -4.93. The number of pyridine rings is 2. The van der Waals surface area contributed by atoms with Crippen LogP contribution in [0.1, 0.15) is 21.6 Å². The predicted octanol–water partition coefficient (Wildman–Crippen LogP) is 5.48. The SMILES string of the molecule is O=C(NCC(F)(F)c1ccc(-c2ccc(F)nc2)cc1Cl)c1cccnc1C(F)(F)F. The molecule has 0 aliphatic carbocycles. The molecule has 1 amide bonds. The van der Waals surface area contributed by atoms with Crippen LogP contribution in [0.5, 0.6) is 0 Å². The quantitative estimate of drug-likeness (QED) is 0.406. The molecule has 1 aromatic carbocycles. The van der Waals surface area contributed by atoms with E-state index in [1.807, 2.05) is 0 Å². The number of benzene rings is 1. The molecule has 0 saturated heterocycles. The first-order valence-corrected chi connectivity index (χ1v) is 8.97. The van der Waals surface area contributed by atoms with Crippen molar-refractivity contribution in [2.24, 2.45) is 0 Å². The number of alkyl halides is 5. The van der Waals surface area contributed by atoms with Crippen molar-refractivity contribution in [2.75, 3.05) is 6.54 Å². The zero-order valence-electron chi connectivity index (χ0n) is 15.4. The van der Waals surface area contributed by atoms with Gasteiger partial charge in [0.05, 0.1) is 17.1 Å². The van der Waals surface area contributed by atoms with Crippen molar-refractivity contribution < 1.29 is 31.1 Å². The molecule has 3 rings (SSSR count). The van der Waals surface area contributed by atoms with Gasteiger partial charge in [-0.2, -0.15) is 26.3 Å². The first-order valence-electron chi connectivity index (χ1n) is 8.59. The summed E-state index contributed by atoms with van der Waals surface area (Å²) in [5.74, 6) is -5.76. The van der Waals surface area contributed by atoms with Crippen molar-refractivity contribution in [3.63, 3.8) is 0 Å². The molecule has 162 valence electrons. The maximum Gasteiger partial charge on any atom is 0.434 e. The van der Waals surface area contributed by atoms with Crippen molar-refractivity contribution in [1.82, 2.24) is 15.3 Å². The van der Waals surface area contributed by atoms with Crippen molar-refractivity contribution in [3.05, 3.63) is 82.6 Å². The minimum absolute atomic E-state index is 0.349. The molecule has 0 aliphatic rings. The number of aromatic nitrogens is 2. The fourth-order valence-electron chi connectivity index (χ4n) is 2.73. The van der Waals surface area contributed by atoms with E-state index in [0.29, 0.717) is 11.1 Å². The standard InChI is InChI=1S/C20H12ClF6N3O/c21-15-8-11(12-4-6-16(22)29-9-12)3-5-14(15)19(23,24)10-30-18(31)13-2-1-7-28-17(13)20(25,26)27/h1-9H,10H2,(H,30,31). The third-order valence-electron chi connectivity index (χ3n) is 4.22. The molecule has 2 heterocycles. The predicted molar refractivity (Wildman–Crippen MR) is 100 cm³/mol. The molecule has 31 heavy (non-hydrogen) atoms. The van der Waals surface area contributed by atoms with E-state index in [2.05, 4.69) is 9.97 Å². The highest BCUT2D eigenvalue weighted by Gasteiger charge is 2.38. The number of nitrogens with one attached hydrogen (secondary N) is 1. The molecule has 1 N–H and O–H groups in total. The van der Waals surface area contributed by atoms with E-state index < -0.39 is 47.3 Å². The Bertz CT molecular complexity index is 1100. The maximum absolute atomic E-state index is 14.6. The number of halogens is 7. The van der Waals surface area contributed by atoms with Gasteiger partial charge in [0.2, 0.25) is 5.95 Å². The zero-order chi connectivity index (χ0) is 22.8. The molecular weight excluding hydrogens is 448 g/mol. The van der Waals surface area contributed by atoms with Gasteiger partial charge in [-0.25, -0.2) is 4.98 Å². The van der Waals surface area contributed by atoms with E-state index in [0.717, 1.165) is 30.5 Å². The van der Waals surface area contributed by atoms with Crippen LogP contribution in [-0.2, 0) is 12.1 Å². The van der Waals surface area contributed by atoms with Crippen LogP contribution in [0, 0.1) is 5.95 Å². The second-order valence-electron chi connectivity index (χ2n) is 6.35. The average molecular weight is 460 g/mol. The van der Waals surface area contributed by atoms with Gasteiger partial charge in [-0.1, -0.05) is 23.7 Å². The Labute approximate surface area is 176 Å². The number of hydrogen-bond acceptors (Lipinski definition) is 3. The maximum atomic E-state index is 14.6. The molecule has 3 aromatic rings. The highest BCUT2D eigenvalue weighted by molar-refractivity contribution is 6.31. The summed E-state index contributed by atoms with van der Waals surface area (Å²) in [4.78, 5) is 18.7. The van der Waals surface area contributed by atoms with Gasteiger partial charge in [-0.15, -0.1) is 0 Å². The van der Waals surface area contributed by atoms with Crippen LogP contribution in [0.3, 0.4) is 0 Å². The largest absolute Gasteiger partial charge is 0.434 e. The number of carbonyl (C=O) groups is 1. The summed E-state index contributed by atoms with van der Waals surface area (Å²) < 4.78 is 81.1. The second kappa shape index (κ2) is 8.54. The monoisotopic (exact) mass is 459 g/mol. The number of carbonyl (C=O) groups excluding carboxylic acids is 1. The van der Waals surface area contributed by atoms with Gasteiger partial charge in [-0.3, -0.25) is 9.78 Å². The van der Waals surface area contributed by atoms with Crippen LogP contribution in [0.15, 0.2) is 54.9 Å². The summed E-state index contributed by atoms with van der Waals surface area (Å²) in [6.45, 7) is -1.30. The lowest BCUT2D eigenvalue weighted by atomic mass is 10.0. The van der Waals surface area contributed by atoms with Crippen LogP contribution in [0.25, 0.3) is 11.1 Å². The summed E-state index contributed by atoms with van der Waals surface area (Å²) in [5, 5.41) is 1.44. The smallest absolute Gasteiger partial charge is 0.346 e. The van der Waals surface area contributed by atoms with Crippen LogP contribution in [-0.4, -0.2) is 22.4 Å². The van der Waals surface area contributed by atoms with E-state index >= 15 is 0 Å². The molecule has 11 heteroatoms. The third kappa shape index (κ3) is 5.13. The highest BCUT2D eigenvalue weighted by atomic mass is 35.5. The van der Waals surface area contributed by atoms with Gasteiger partial charge in [0.1, 0.15) is 0 Å². The van der Waals surface area contributed by atoms with Crippen molar-refractivity contribution in [3.8, 4) is 11.1 Å². The summed E-state index contributed by atoms with van der Waals surface area (Å²) in [5.41, 5.74) is -2.17. The summed E-state index contributed by atoms with van der Waals surface area (Å²) >= 11 is 5.97. The Balaban J connectivity index is 1.78. The van der Waals surface area contributed by atoms with Gasteiger partial charge in [0.25, 0.3) is 11.8 Å². The Morgan fingerprint density at radius 3 is 2.32 bits per heavy atom. The second-order valence-corrected chi connectivity index (χ2v) is 6.76. The first-order chi connectivity index (χ1) is 14.5. The third-order valence-corrected chi connectivity index (χ3v) is 4.53. The topological polar surface area (TPSA) is 54.9 Å². The Kier molecular flexibility index (Phi) is 6.21. The summed E-state index contributed by atoms with van der Waals surface area (Å²) in [6, 6.07) is 7.93. The summed E-state index contributed by atoms with van der Waals surface area (Å²) in [7, 11) is 0. The first kappa shape index (κ1) is 22.5. The van der Waals surface area contributed by atoms with Gasteiger partial charge in [0, 0.05) is 23.5 Å². The van der Waals surface area contributed by atoms with Crippen LogP contribution in [0.4, 0.5) is 26.3 Å². The van der Waals surface area contributed by atoms with Gasteiger partial charge in [0.15, 0.2) is 5.69 Å². The Hall–Kier alpha value is -3.14. The van der Waals surface area contributed by atoms with Gasteiger partial charge >= 0.3 is 6.18 Å². The van der Waals surface area contributed by atoms with Crippen molar-refractivity contribution in [2.45, 2.75) is 12.1 Å². The highest BCUT2D eigenvalue weighted by Crippen LogP contribution is 2.36. The normalized spacial score (nSPS) is 12.0. The van der Waals surface area contributed by atoms with E-state index in [4.69, 9.17) is 11.6 Å². The lowest BCUT2D eigenvalue weighted by Crippen LogP contribution is -2.36. The number of hydrogen-bond donors (Lipinski definition) is 1. The van der Waals surface area contributed by atoms with Crippen molar-refractivity contribution >= 4 is 17.5 Å². The molecule has 0 saturated carbocycles. The fourth-order valence-corrected chi connectivity index (χ4v) is 3.05. The molecule has 0 radical (unpaired) electrons. The lowest BCUT2D eigenvalue weighted by Gasteiger charge is -2.20. The van der Waals surface area contributed by atoms with Crippen LogP contribution in [0.2, 0.25) is 5.02 Å². The molecule has 0 spiro atoms. The molecule has 4 nitrogen and oxygen atoms in total. The molecule has 0 fully saturated rings.